The highest BCUT2D eigenvalue weighted by atomic mass is 15.2. The first kappa shape index (κ1) is 15.8. The Morgan fingerprint density at radius 2 is 1.90 bits per heavy atom. The molecule has 1 aromatic carbocycles. The molecule has 116 valence electrons. The summed E-state index contributed by atoms with van der Waals surface area (Å²) in [5.74, 6) is 0.921. The van der Waals surface area contributed by atoms with Crippen LogP contribution in [0.25, 0.3) is 0 Å². The van der Waals surface area contributed by atoms with Gasteiger partial charge in [0.1, 0.15) is 0 Å². The summed E-state index contributed by atoms with van der Waals surface area (Å²) in [6, 6.07) is 11.5. The standard InChI is InChI=1S/C17H28N4/c1-18-17(20-15-11-7-8-12-15)19-13-16(21(2)3)14-9-5-4-6-10-14/h4-6,9-10,15-16H,7-8,11-13H2,1-3H3,(H2,18,19,20). The van der Waals surface area contributed by atoms with Crippen molar-refractivity contribution in [3.05, 3.63) is 35.9 Å². The van der Waals surface area contributed by atoms with E-state index in [4.69, 9.17) is 0 Å². The molecule has 2 N–H and O–H groups in total. The summed E-state index contributed by atoms with van der Waals surface area (Å²) < 4.78 is 0. The maximum Gasteiger partial charge on any atom is 0.191 e. The number of likely N-dealkylation sites (N-methyl/N-ethyl adjacent to an activating group) is 1. The first-order valence-corrected chi connectivity index (χ1v) is 7.89. The van der Waals surface area contributed by atoms with Gasteiger partial charge in [0.05, 0.1) is 6.04 Å². The van der Waals surface area contributed by atoms with Crippen molar-refractivity contribution < 1.29 is 0 Å². The van der Waals surface area contributed by atoms with Gasteiger partial charge in [0.2, 0.25) is 0 Å². The van der Waals surface area contributed by atoms with E-state index in [2.05, 4.69) is 65.0 Å². The van der Waals surface area contributed by atoms with Crippen LogP contribution in [-0.4, -0.2) is 44.6 Å². The number of hydrogen-bond acceptors (Lipinski definition) is 2. The van der Waals surface area contributed by atoms with Gasteiger partial charge in [-0.15, -0.1) is 0 Å². The Morgan fingerprint density at radius 1 is 1.24 bits per heavy atom. The van der Waals surface area contributed by atoms with Crippen LogP contribution in [0.4, 0.5) is 0 Å². The zero-order chi connectivity index (χ0) is 15.1. The second-order valence-electron chi connectivity index (χ2n) is 5.97. The van der Waals surface area contributed by atoms with E-state index in [9.17, 15) is 0 Å². The molecule has 0 spiro atoms. The minimum Gasteiger partial charge on any atom is -0.354 e. The topological polar surface area (TPSA) is 39.7 Å². The van der Waals surface area contributed by atoms with E-state index in [0.717, 1.165) is 12.5 Å². The van der Waals surface area contributed by atoms with Crippen LogP contribution in [0.3, 0.4) is 0 Å². The van der Waals surface area contributed by atoms with Crippen LogP contribution in [0.2, 0.25) is 0 Å². The molecule has 0 aliphatic heterocycles. The smallest absolute Gasteiger partial charge is 0.191 e. The molecular weight excluding hydrogens is 260 g/mol. The summed E-state index contributed by atoms with van der Waals surface area (Å²) in [5, 5.41) is 7.01. The number of aliphatic imine (C=N–C) groups is 1. The van der Waals surface area contributed by atoms with Gasteiger partial charge in [-0.05, 0) is 32.5 Å². The Balaban J connectivity index is 1.91. The van der Waals surface area contributed by atoms with Crippen molar-refractivity contribution in [2.75, 3.05) is 27.7 Å². The van der Waals surface area contributed by atoms with Crippen molar-refractivity contribution in [2.45, 2.75) is 37.8 Å². The second kappa shape index (κ2) is 8.03. The molecule has 2 rings (SSSR count). The predicted octanol–water partition coefficient (Wildman–Crippen LogP) is 2.40. The normalized spacial score (nSPS) is 18.0. The van der Waals surface area contributed by atoms with Crippen LogP contribution >= 0.6 is 0 Å². The summed E-state index contributed by atoms with van der Waals surface area (Å²) in [6.45, 7) is 0.851. The van der Waals surface area contributed by atoms with E-state index in [-0.39, 0.29) is 0 Å². The van der Waals surface area contributed by atoms with Crippen molar-refractivity contribution in [2.24, 2.45) is 4.99 Å². The molecule has 1 fully saturated rings. The average molecular weight is 288 g/mol. The quantitative estimate of drug-likeness (QED) is 0.645. The van der Waals surface area contributed by atoms with E-state index in [1.165, 1.54) is 31.2 Å². The first-order chi connectivity index (χ1) is 10.2. The van der Waals surface area contributed by atoms with Gasteiger partial charge in [-0.3, -0.25) is 4.99 Å². The van der Waals surface area contributed by atoms with Crippen molar-refractivity contribution in [3.8, 4) is 0 Å². The number of rotatable bonds is 5. The molecule has 0 heterocycles. The van der Waals surface area contributed by atoms with Crippen molar-refractivity contribution in [3.63, 3.8) is 0 Å². The lowest BCUT2D eigenvalue weighted by Gasteiger charge is -2.26. The largest absolute Gasteiger partial charge is 0.354 e. The Labute approximate surface area is 128 Å². The van der Waals surface area contributed by atoms with E-state index in [0.29, 0.717) is 12.1 Å². The number of guanidine groups is 1. The van der Waals surface area contributed by atoms with Gasteiger partial charge in [0.25, 0.3) is 0 Å². The summed E-state index contributed by atoms with van der Waals surface area (Å²) >= 11 is 0. The van der Waals surface area contributed by atoms with Gasteiger partial charge in [0, 0.05) is 19.6 Å². The SMILES string of the molecule is CN=C(NCC(c1ccccc1)N(C)C)NC1CCCC1. The monoisotopic (exact) mass is 288 g/mol. The van der Waals surface area contributed by atoms with Crippen LogP contribution in [0.5, 0.6) is 0 Å². The van der Waals surface area contributed by atoms with Gasteiger partial charge in [0.15, 0.2) is 5.96 Å². The van der Waals surface area contributed by atoms with Crippen LogP contribution in [0, 0.1) is 0 Å². The zero-order valence-electron chi connectivity index (χ0n) is 13.5. The fourth-order valence-electron chi connectivity index (χ4n) is 2.93. The number of hydrogen-bond donors (Lipinski definition) is 2. The van der Waals surface area contributed by atoms with E-state index in [1.807, 2.05) is 7.05 Å². The lowest BCUT2D eigenvalue weighted by Crippen LogP contribution is -2.45. The van der Waals surface area contributed by atoms with Crippen molar-refractivity contribution in [1.29, 1.82) is 0 Å². The molecule has 0 saturated heterocycles. The van der Waals surface area contributed by atoms with Crippen LogP contribution < -0.4 is 10.6 Å². The maximum atomic E-state index is 4.35. The summed E-state index contributed by atoms with van der Waals surface area (Å²) in [4.78, 5) is 6.59. The molecule has 1 aromatic rings. The number of benzene rings is 1. The van der Waals surface area contributed by atoms with Crippen molar-refractivity contribution >= 4 is 5.96 Å². The van der Waals surface area contributed by atoms with Gasteiger partial charge >= 0.3 is 0 Å². The number of nitrogens with one attached hydrogen (secondary N) is 2. The molecule has 1 aliphatic rings. The average Bonchev–Trinajstić information content (AvgIpc) is 3.00. The Kier molecular flexibility index (Phi) is 6.05. The molecule has 1 saturated carbocycles. The molecule has 4 heteroatoms. The molecule has 1 atom stereocenters. The fourth-order valence-corrected chi connectivity index (χ4v) is 2.93. The summed E-state index contributed by atoms with van der Waals surface area (Å²) in [5.41, 5.74) is 1.33. The van der Waals surface area contributed by atoms with Crippen LogP contribution in [-0.2, 0) is 0 Å². The van der Waals surface area contributed by atoms with E-state index >= 15 is 0 Å². The van der Waals surface area contributed by atoms with Gasteiger partial charge in [-0.2, -0.15) is 0 Å². The lowest BCUT2D eigenvalue weighted by atomic mass is 10.1. The third-order valence-electron chi connectivity index (χ3n) is 4.19. The Bertz CT molecular complexity index is 435. The number of nitrogens with zero attached hydrogens (tertiary/aromatic N) is 2. The highest BCUT2D eigenvalue weighted by molar-refractivity contribution is 5.80. The van der Waals surface area contributed by atoms with Crippen LogP contribution in [0.15, 0.2) is 35.3 Å². The highest BCUT2D eigenvalue weighted by Crippen LogP contribution is 2.18. The first-order valence-electron chi connectivity index (χ1n) is 7.89. The molecule has 1 aliphatic carbocycles. The molecule has 1 unspecified atom stereocenters. The molecule has 0 bridgehead atoms. The molecule has 0 amide bonds. The highest BCUT2D eigenvalue weighted by Gasteiger charge is 2.18. The van der Waals surface area contributed by atoms with Crippen LogP contribution in [0.1, 0.15) is 37.3 Å². The minimum atomic E-state index is 0.341. The molecule has 21 heavy (non-hydrogen) atoms. The zero-order valence-corrected chi connectivity index (χ0v) is 13.5. The predicted molar refractivity (Wildman–Crippen MR) is 89.6 cm³/mol. The van der Waals surface area contributed by atoms with Gasteiger partial charge in [-0.1, -0.05) is 43.2 Å². The second-order valence-corrected chi connectivity index (χ2v) is 5.97. The Hall–Kier alpha value is -1.55. The molecule has 4 nitrogen and oxygen atoms in total. The maximum absolute atomic E-state index is 4.35. The third-order valence-corrected chi connectivity index (χ3v) is 4.19. The summed E-state index contributed by atoms with van der Waals surface area (Å²) in [6.07, 6.45) is 5.19. The van der Waals surface area contributed by atoms with E-state index in [1.54, 1.807) is 0 Å². The van der Waals surface area contributed by atoms with E-state index < -0.39 is 0 Å². The lowest BCUT2D eigenvalue weighted by molar-refractivity contribution is 0.298. The fraction of sp³-hybridized carbons (Fsp3) is 0.588. The Morgan fingerprint density at radius 3 is 2.48 bits per heavy atom. The van der Waals surface area contributed by atoms with Crippen molar-refractivity contribution in [1.82, 2.24) is 15.5 Å². The summed E-state index contributed by atoms with van der Waals surface area (Å²) in [7, 11) is 6.08. The van der Waals surface area contributed by atoms with Gasteiger partial charge < -0.3 is 15.5 Å². The molecule has 0 radical (unpaired) electrons. The molecule has 0 aromatic heterocycles. The molecular formula is C17H28N4. The van der Waals surface area contributed by atoms with Gasteiger partial charge in [-0.25, -0.2) is 0 Å². The minimum absolute atomic E-state index is 0.341. The third kappa shape index (κ3) is 4.74.